The number of methoxy groups -OCH3 is 2. The second kappa shape index (κ2) is 11.7. The molecular weight excluding hydrogens is 474 g/mol. The van der Waals surface area contributed by atoms with E-state index >= 15 is 0 Å². The summed E-state index contributed by atoms with van der Waals surface area (Å²) < 4.78 is 12.0. The maximum atomic E-state index is 10.9. The highest BCUT2D eigenvalue weighted by Crippen LogP contribution is 2.18. The fourth-order valence-corrected chi connectivity index (χ4v) is 3.42. The van der Waals surface area contributed by atoms with Crippen molar-refractivity contribution in [2.75, 3.05) is 24.9 Å². The van der Waals surface area contributed by atoms with Gasteiger partial charge in [0.15, 0.2) is 0 Å². The number of carbonyl (C=O) groups is 1. The molecule has 4 aromatic rings. The number of rotatable bonds is 11. The Morgan fingerprint density at radius 1 is 0.892 bits per heavy atom. The van der Waals surface area contributed by atoms with E-state index in [2.05, 4.69) is 30.7 Å². The Morgan fingerprint density at radius 2 is 1.41 bits per heavy atom. The predicted octanol–water partition coefficient (Wildman–Crippen LogP) is 3.70. The molecular formula is C26H27N7O4. The molecule has 0 saturated carbocycles. The number of ether oxygens (including phenoxy) is 2. The topological polar surface area (TPSA) is 136 Å². The molecule has 0 fully saturated rings. The lowest BCUT2D eigenvalue weighted by Crippen LogP contribution is -2.14. The van der Waals surface area contributed by atoms with Gasteiger partial charge in [0.2, 0.25) is 11.9 Å². The van der Waals surface area contributed by atoms with Crippen LogP contribution in [0.15, 0.2) is 60.8 Å². The van der Waals surface area contributed by atoms with Gasteiger partial charge in [-0.15, -0.1) is 0 Å². The SMILES string of the molecule is COc1ccc(CNc2nc(NCc3ccc(OC)cc3)nc(-n3ncc(C=CC(=O)O)c3C)n2)cc1. The third-order valence-electron chi connectivity index (χ3n) is 5.49. The number of carboxylic acid groups (broad SMARTS) is 1. The molecule has 2 aromatic carbocycles. The van der Waals surface area contributed by atoms with Gasteiger partial charge >= 0.3 is 5.97 Å². The van der Waals surface area contributed by atoms with Crippen LogP contribution < -0.4 is 20.1 Å². The average molecular weight is 502 g/mol. The molecule has 0 bridgehead atoms. The van der Waals surface area contributed by atoms with Crippen LogP contribution in [0.1, 0.15) is 22.4 Å². The monoisotopic (exact) mass is 501 g/mol. The summed E-state index contributed by atoms with van der Waals surface area (Å²) in [4.78, 5) is 24.5. The molecule has 2 heterocycles. The van der Waals surface area contributed by atoms with Gasteiger partial charge in [0.1, 0.15) is 11.5 Å². The van der Waals surface area contributed by atoms with E-state index in [0.29, 0.717) is 36.2 Å². The molecule has 4 rings (SSSR count). The highest BCUT2D eigenvalue weighted by atomic mass is 16.5. The third kappa shape index (κ3) is 6.60. The second-order valence-electron chi connectivity index (χ2n) is 7.95. The van der Waals surface area contributed by atoms with Gasteiger partial charge in [0.25, 0.3) is 5.95 Å². The smallest absolute Gasteiger partial charge is 0.328 e. The number of hydrogen-bond donors (Lipinski definition) is 3. The van der Waals surface area contributed by atoms with Crippen molar-refractivity contribution in [2.45, 2.75) is 20.0 Å². The number of anilines is 2. The lowest BCUT2D eigenvalue weighted by Gasteiger charge is -2.12. The highest BCUT2D eigenvalue weighted by Gasteiger charge is 2.13. The molecule has 0 unspecified atom stereocenters. The van der Waals surface area contributed by atoms with E-state index < -0.39 is 5.97 Å². The van der Waals surface area contributed by atoms with Crippen LogP contribution in [0.3, 0.4) is 0 Å². The first kappa shape index (κ1) is 25.2. The molecule has 37 heavy (non-hydrogen) atoms. The molecule has 0 spiro atoms. The van der Waals surface area contributed by atoms with Gasteiger partial charge in [-0.25, -0.2) is 9.48 Å². The largest absolute Gasteiger partial charge is 0.497 e. The Bertz CT molecular complexity index is 1310. The van der Waals surface area contributed by atoms with Crippen molar-refractivity contribution in [3.63, 3.8) is 0 Å². The zero-order valence-electron chi connectivity index (χ0n) is 20.7. The summed E-state index contributed by atoms with van der Waals surface area (Å²) in [6, 6.07) is 15.4. The summed E-state index contributed by atoms with van der Waals surface area (Å²) in [5.41, 5.74) is 3.37. The molecule has 0 amide bonds. The maximum absolute atomic E-state index is 10.9. The lowest BCUT2D eigenvalue weighted by molar-refractivity contribution is -0.131. The van der Waals surface area contributed by atoms with Gasteiger partial charge in [-0.2, -0.15) is 20.1 Å². The molecule has 0 aliphatic rings. The quantitative estimate of drug-likeness (QED) is 0.261. The Hall–Kier alpha value is -4.93. The fourth-order valence-electron chi connectivity index (χ4n) is 3.42. The number of nitrogens with one attached hydrogen (secondary N) is 2. The van der Waals surface area contributed by atoms with E-state index in [-0.39, 0.29) is 5.95 Å². The Balaban J connectivity index is 1.60. The zero-order chi connectivity index (χ0) is 26.2. The molecule has 11 nitrogen and oxygen atoms in total. The number of hydrogen-bond acceptors (Lipinski definition) is 9. The van der Waals surface area contributed by atoms with Crippen molar-refractivity contribution in [2.24, 2.45) is 0 Å². The van der Waals surface area contributed by atoms with E-state index in [1.807, 2.05) is 55.5 Å². The summed E-state index contributed by atoms with van der Waals surface area (Å²) in [6.45, 7) is 2.78. The lowest BCUT2D eigenvalue weighted by atomic mass is 10.2. The molecule has 0 aliphatic carbocycles. The van der Waals surface area contributed by atoms with E-state index in [1.165, 1.54) is 6.08 Å². The fraction of sp³-hybridized carbons (Fsp3) is 0.192. The summed E-state index contributed by atoms with van der Waals surface area (Å²) >= 11 is 0. The summed E-state index contributed by atoms with van der Waals surface area (Å²) in [7, 11) is 3.25. The molecule has 0 radical (unpaired) electrons. The van der Waals surface area contributed by atoms with Crippen molar-refractivity contribution in [1.82, 2.24) is 24.7 Å². The van der Waals surface area contributed by atoms with Crippen LogP contribution >= 0.6 is 0 Å². The zero-order valence-corrected chi connectivity index (χ0v) is 20.7. The van der Waals surface area contributed by atoms with Crippen LogP contribution in [0, 0.1) is 6.92 Å². The number of aliphatic carboxylic acids is 1. The van der Waals surface area contributed by atoms with Gasteiger partial charge in [-0.1, -0.05) is 24.3 Å². The summed E-state index contributed by atoms with van der Waals surface area (Å²) in [5.74, 6) is 1.52. The van der Waals surface area contributed by atoms with E-state index in [4.69, 9.17) is 14.6 Å². The van der Waals surface area contributed by atoms with E-state index in [9.17, 15) is 4.79 Å². The van der Waals surface area contributed by atoms with Crippen molar-refractivity contribution < 1.29 is 19.4 Å². The van der Waals surface area contributed by atoms with Crippen LogP contribution in [0.25, 0.3) is 12.0 Å². The molecule has 2 aromatic heterocycles. The van der Waals surface area contributed by atoms with Gasteiger partial charge < -0.3 is 25.2 Å². The molecule has 3 N–H and O–H groups in total. The number of nitrogens with zero attached hydrogens (tertiary/aromatic N) is 5. The van der Waals surface area contributed by atoms with Crippen LogP contribution in [0.2, 0.25) is 0 Å². The van der Waals surface area contributed by atoms with Crippen molar-refractivity contribution in [3.05, 3.63) is 83.2 Å². The van der Waals surface area contributed by atoms with Crippen molar-refractivity contribution in [1.29, 1.82) is 0 Å². The first-order valence-corrected chi connectivity index (χ1v) is 11.4. The van der Waals surface area contributed by atoms with Crippen LogP contribution in [-0.4, -0.2) is 50.0 Å². The Kier molecular flexibility index (Phi) is 7.94. The predicted molar refractivity (Wildman–Crippen MR) is 139 cm³/mol. The first-order valence-electron chi connectivity index (χ1n) is 11.4. The van der Waals surface area contributed by atoms with E-state index in [0.717, 1.165) is 28.7 Å². The third-order valence-corrected chi connectivity index (χ3v) is 5.49. The first-order chi connectivity index (χ1) is 17.9. The van der Waals surface area contributed by atoms with Gasteiger partial charge in [-0.3, -0.25) is 0 Å². The number of carboxylic acids is 1. The Morgan fingerprint density at radius 3 is 1.86 bits per heavy atom. The Labute approximate surface area is 213 Å². The standard InChI is InChI=1S/C26H27N7O4/c1-17-20(8-13-23(34)35)16-29-33(17)26-31-24(27-14-18-4-9-21(36-2)10-5-18)30-25(32-26)28-15-19-6-11-22(37-3)12-7-19/h4-13,16H,14-15H2,1-3H3,(H,34,35)(H2,27,28,30,31,32). The van der Waals surface area contributed by atoms with Crippen LogP contribution in [0.4, 0.5) is 11.9 Å². The molecule has 190 valence electrons. The molecule has 11 heteroatoms. The molecule has 0 atom stereocenters. The summed E-state index contributed by atoms with van der Waals surface area (Å²) in [5, 5.41) is 19.8. The summed E-state index contributed by atoms with van der Waals surface area (Å²) in [6.07, 6.45) is 4.10. The minimum absolute atomic E-state index is 0.289. The van der Waals surface area contributed by atoms with Crippen molar-refractivity contribution >= 4 is 23.9 Å². The molecule has 0 aliphatic heterocycles. The minimum atomic E-state index is -1.04. The van der Waals surface area contributed by atoms with Gasteiger partial charge in [0, 0.05) is 24.7 Å². The van der Waals surface area contributed by atoms with Gasteiger partial charge in [-0.05, 0) is 48.4 Å². The second-order valence-corrected chi connectivity index (χ2v) is 7.95. The normalized spacial score (nSPS) is 10.9. The van der Waals surface area contributed by atoms with Crippen LogP contribution in [-0.2, 0) is 17.9 Å². The van der Waals surface area contributed by atoms with Crippen molar-refractivity contribution in [3.8, 4) is 17.4 Å². The highest BCUT2D eigenvalue weighted by molar-refractivity contribution is 5.85. The van der Waals surface area contributed by atoms with E-state index in [1.54, 1.807) is 25.1 Å². The maximum Gasteiger partial charge on any atom is 0.328 e. The molecule has 0 saturated heterocycles. The average Bonchev–Trinajstić information content (AvgIpc) is 3.30. The number of aromatic nitrogens is 5. The minimum Gasteiger partial charge on any atom is -0.497 e. The van der Waals surface area contributed by atoms with Gasteiger partial charge in [0.05, 0.1) is 26.1 Å². The van der Waals surface area contributed by atoms with Crippen LogP contribution in [0.5, 0.6) is 11.5 Å². The number of benzene rings is 2.